The summed E-state index contributed by atoms with van der Waals surface area (Å²) in [7, 11) is 0. The van der Waals surface area contributed by atoms with Crippen molar-refractivity contribution in [3.63, 3.8) is 0 Å². The van der Waals surface area contributed by atoms with Crippen LogP contribution in [0.3, 0.4) is 0 Å². The lowest BCUT2D eigenvalue weighted by molar-refractivity contribution is -0.343. The van der Waals surface area contributed by atoms with Gasteiger partial charge in [0.05, 0.1) is 17.8 Å². The molecule has 0 amide bonds. The Kier molecular flexibility index (Phi) is 9.07. The van der Waals surface area contributed by atoms with E-state index in [2.05, 4.69) is 6.92 Å². The van der Waals surface area contributed by atoms with E-state index in [0.29, 0.717) is 25.7 Å². The molecule has 3 aliphatic rings. The minimum absolute atomic E-state index is 0.0970. The van der Waals surface area contributed by atoms with Gasteiger partial charge in [0.15, 0.2) is 0 Å². The highest BCUT2D eigenvalue weighted by Crippen LogP contribution is 2.60. The molecule has 234 valence electrons. The van der Waals surface area contributed by atoms with Crippen molar-refractivity contribution in [1.82, 2.24) is 0 Å². The highest BCUT2D eigenvalue weighted by molar-refractivity contribution is 5.27. The van der Waals surface area contributed by atoms with E-state index in [1.54, 1.807) is 0 Å². The topological polar surface area (TPSA) is 80.9 Å². The van der Waals surface area contributed by atoms with Crippen LogP contribution in [-0.2, 0) is 0 Å². The average Bonchev–Trinajstić information content (AvgIpc) is 3.21. The minimum atomic E-state index is -6.06. The van der Waals surface area contributed by atoms with Crippen molar-refractivity contribution in [2.75, 3.05) is 0 Å². The van der Waals surface area contributed by atoms with Crippen LogP contribution >= 0.6 is 0 Å². The molecule has 4 N–H and O–H groups in total. The first-order valence-corrected chi connectivity index (χ1v) is 14.3. The highest BCUT2D eigenvalue weighted by atomic mass is 19.4. The van der Waals surface area contributed by atoms with E-state index in [0.717, 1.165) is 37.2 Å². The van der Waals surface area contributed by atoms with Crippen LogP contribution in [0.2, 0.25) is 0 Å². The second-order valence-corrected chi connectivity index (χ2v) is 12.8. The molecule has 0 spiro atoms. The van der Waals surface area contributed by atoms with Gasteiger partial charge in [0.2, 0.25) is 0 Å². The van der Waals surface area contributed by atoms with Crippen LogP contribution in [0, 0.1) is 35.0 Å². The van der Waals surface area contributed by atoms with Gasteiger partial charge < -0.3 is 20.4 Å². The molecule has 0 saturated heterocycles. The van der Waals surface area contributed by atoms with Crippen LogP contribution in [0.4, 0.5) is 26.3 Å². The maximum absolute atomic E-state index is 13.3. The number of halogens is 6. The van der Waals surface area contributed by atoms with E-state index >= 15 is 0 Å². The van der Waals surface area contributed by atoms with Gasteiger partial charge in [-0.05, 0) is 107 Å². The predicted octanol–water partition coefficient (Wildman–Crippen LogP) is 6.77. The van der Waals surface area contributed by atoms with E-state index in [4.69, 9.17) is 4.11 Å². The van der Waals surface area contributed by atoms with E-state index in [1.807, 2.05) is 18.1 Å². The second-order valence-electron chi connectivity index (χ2n) is 12.8. The molecule has 0 aromatic carbocycles. The summed E-state index contributed by atoms with van der Waals surface area (Å²) in [4.78, 5) is 0. The fraction of sp³-hybridized carbons (Fsp3) is 0.806. The summed E-state index contributed by atoms with van der Waals surface area (Å²) < 4.78 is 102. The first-order chi connectivity index (χ1) is 20.0. The van der Waals surface area contributed by atoms with Gasteiger partial charge in [0.25, 0.3) is 0 Å². The third-order valence-electron chi connectivity index (χ3n) is 9.37. The Hall–Kier alpha value is -1.54. The molecule has 0 aliphatic heterocycles. The standard InChI is InChI=1S/C31H44F6O4/c1-27(2,40)14-4-7-21(9-6-16-29(41,30(32,33)34)31(35,36)37)25-12-13-26-22(8-5-15-28(25,26)3)11-10-20-17-23(38)19-24(39)18-20/h10-11,21,23-26,38-41H,4-5,7-9,12-15,17-19H2,1-3H3/b22-11+/t21-,23+,24+,25?,26?,28+/m0/s1/i1D3/t21-,23+,24+,25?,26?,27?,28+. The zero-order chi connectivity index (χ0) is 33.4. The number of hydrogen-bond acceptors (Lipinski definition) is 4. The van der Waals surface area contributed by atoms with Crippen LogP contribution in [0.25, 0.3) is 0 Å². The molecule has 3 aliphatic carbocycles. The summed E-state index contributed by atoms with van der Waals surface area (Å²) in [6.45, 7) is 0.570. The number of fused-ring (bicyclic) bond motifs is 1. The van der Waals surface area contributed by atoms with Crippen LogP contribution in [0.1, 0.15) is 102 Å². The normalized spacial score (nSPS) is 34.0. The Morgan fingerprint density at radius 3 is 2.27 bits per heavy atom. The van der Waals surface area contributed by atoms with Crippen LogP contribution in [-0.4, -0.2) is 56.2 Å². The zero-order valence-corrected chi connectivity index (χ0v) is 23.6. The quantitative estimate of drug-likeness (QED) is 0.193. The van der Waals surface area contributed by atoms with Crippen LogP contribution in [0.5, 0.6) is 0 Å². The Morgan fingerprint density at radius 2 is 1.68 bits per heavy atom. The third kappa shape index (κ3) is 8.10. The van der Waals surface area contributed by atoms with E-state index < -0.39 is 48.5 Å². The summed E-state index contributed by atoms with van der Waals surface area (Å²) in [5, 5.41) is 40.0. The van der Waals surface area contributed by atoms with Gasteiger partial charge in [0, 0.05) is 10.5 Å². The Bertz CT molecular complexity index is 1110. The maximum atomic E-state index is 13.3. The lowest BCUT2D eigenvalue weighted by atomic mass is 9.60. The smallest absolute Gasteiger partial charge is 0.393 e. The molecule has 41 heavy (non-hydrogen) atoms. The first kappa shape index (κ1) is 29.5. The largest absolute Gasteiger partial charge is 0.438 e. The number of rotatable bonds is 7. The summed E-state index contributed by atoms with van der Waals surface area (Å²) >= 11 is 0. The average molecular weight is 598 g/mol. The highest BCUT2D eigenvalue weighted by Gasteiger charge is 2.70. The molecular formula is C31H44F6O4. The Morgan fingerprint density at radius 1 is 1.05 bits per heavy atom. The van der Waals surface area contributed by atoms with Crippen molar-refractivity contribution in [1.29, 1.82) is 0 Å². The predicted molar refractivity (Wildman–Crippen MR) is 143 cm³/mol. The fourth-order valence-electron chi connectivity index (χ4n) is 7.35. The number of allylic oxidation sites excluding steroid dienone is 3. The molecule has 0 bridgehead atoms. The van der Waals surface area contributed by atoms with Gasteiger partial charge in [-0.15, -0.1) is 0 Å². The molecule has 3 rings (SSSR count). The van der Waals surface area contributed by atoms with Gasteiger partial charge in [0.1, 0.15) is 0 Å². The zero-order valence-electron chi connectivity index (χ0n) is 26.6. The number of alkyl halides is 6. The number of aliphatic hydroxyl groups excluding tert-OH is 2. The van der Waals surface area contributed by atoms with E-state index in [9.17, 15) is 46.8 Å². The van der Waals surface area contributed by atoms with Crippen LogP contribution in [0.15, 0.2) is 23.3 Å². The molecule has 7 atom stereocenters. The third-order valence-corrected chi connectivity index (χ3v) is 9.37. The molecule has 10 heteroatoms. The molecule has 0 radical (unpaired) electrons. The van der Waals surface area contributed by atoms with Gasteiger partial charge in [-0.1, -0.05) is 42.6 Å². The summed E-state index contributed by atoms with van der Waals surface area (Å²) in [6, 6.07) is 0. The van der Waals surface area contributed by atoms with Crippen molar-refractivity contribution in [3.05, 3.63) is 23.3 Å². The lowest BCUT2D eigenvalue weighted by Crippen LogP contribution is -2.55. The van der Waals surface area contributed by atoms with Gasteiger partial charge in [-0.3, -0.25) is 0 Å². The number of aliphatic hydroxyl groups is 4. The second kappa shape index (κ2) is 12.6. The Balaban J connectivity index is 1.89. The van der Waals surface area contributed by atoms with E-state index in [-0.39, 0.29) is 42.9 Å². The molecule has 4 nitrogen and oxygen atoms in total. The van der Waals surface area contributed by atoms with Crippen LogP contribution < -0.4 is 0 Å². The Labute approximate surface area is 243 Å². The first-order valence-electron chi connectivity index (χ1n) is 15.8. The monoisotopic (exact) mass is 597 g/mol. The van der Waals surface area contributed by atoms with Crippen molar-refractivity contribution < 1.29 is 50.9 Å². The molecular weight excluding hydrogens is 550 g/mol. The molecule has 3 saturated carbocycles. The van der Waals surface area contributed by atoms with Crippen molar-refractivity contribution in [2.24, 2.45) is 23.2 Å². The maximum Gasteiger partial charge on any atom is 0.438 e. The van der Waals surface area contributed by atoms with Crippen molar-refractivity contribution in [2.45, 2.75) is 134 Å². The summed E-state index contributed by atoms with van der Waals surface area (Å²) in [5.74, 6) is 2.52. The van der Waals surface area contributed by atoms with Crippen molar-refractivity contribution >= 4 is 0 Å². The fourth-order valence-corrected chi connectivity index (χ4v) is 7.35. The number of hydrogen-bond donors (Lipinski definition) is 4. The molecule has 3 fully saturated rings. The minimum Gasteiger partial charge on any atom is -0.393 e. The molecule has 0 aromatic rings. The van der Waals surface area contributed by atoms with Gasteiger partial charge in [-0.25, -0.2) is 0 Å². The molecule has 3 unspecified atom stereocenters. The lowest BCUT2D eigenvalue weighted by Gasteiger charge is -2.45. The van der Waals surface area contributed by atoms with Gasteiger partial charge >= 0.3 is 18.0 Å². The summed E-state index contributed by atoms with van der Waals surface area (Å²) in [5.41, 5.74) is -5.44. The van der Waals surface area contributed by atoms with Gasteiger partial charge in [-0.2, -0.15) is 26.3 Å². The summed E-state index contributed by atoms with van der Waals surface area (Å²) in [6.07, 6.45) is -4.45. The molecule has 0 heterocycles. The van der Waals surface area contributed by atoms with Crippen molar-refractivity contribution in [3.8, 4) is 11.8 Å². The van der Waals surface area contributed by atoms with E-state index in [1.165, 1.54) is 12.5 Å². The SMILES string of the molecule is [2H]C([2H])([2H])C(C)(O)CCC[C@@H](CC#CC(O)(C(F)(F)F)C(F)(F)F)C1CCC2/C(=C/C=C3C[C@@H](O)C[C@H](O)C3)CCC[C@@]21C. The molecule has 0 aromatic heterocycles.